The molecule has 1 saturated heterocycles. The lowest BCUT2D eigenvalue weighted by Gasteiger charge is -2.39. The van der Waals surface area contributed by atoms with E-state index < -0.39 is 0 Å². The number of likely N-dealkylation sites (N-methyl/N-ethyl adjacent to an activating group) is 2. The van der Waals surface area contributed by atoms with Crippen LogP contribution in [0.15, 0.2) is 0 Å². The van der Waals surface area contributed by atoms with Gasteiger partial charge in [0.25, 0.3) is 0 Å². The molecule has 1 aliphatic carbocycles. The highest BCUT2D eigenvalue weighted by Gasteiger charge is 2.42. The summed E-state index contributed by atoms with van der Waals surface area (Å²) in [4.78, 5) is 5.15. The Labute approximate surface area is 132 Å². The van der Waals surface area contributed by atoms with Gasteiger partial charge in [0.05, 0.1) is 0 Å². The van der Waals surface area contributed by atoms with Crippen molar-refractivity contribution < 1.29 is 0 Å². The van der Waals surface area contributed by atoms with Gasteiger partial charge in [-0.05, 0) is 70.6 Å². The van der Waals surface area contributed by atoms with Crippen LogP contribution in [0.5, 0.6) is 0 Å². The van der Waals surface area contributed by atoms with Crippen molar-refractivity contribution in [2.45, 2.75) is 65.0 Å². The first-order valence-corrected chi connectivity index (χ1v) is 9.06. The minimum Gasteiger partial charge on any atom is -0.313 e. The third-order valence-electron chi connectivity index (χ3n) is 5.83. The lowest BCUT2D eigenvalue weighted by atomic mass is 9.84. The molecule has 3 nitrogen and oxygen atoms in total. The molecule has 3 heteroatoms. The first-order valence-electron chi connectivity index (χ1n) is 9.06. The monoisotopic (exact) mass is 295 g/mol. The van der Waals surface area contributed by atoms with Crippen molar-refractivity contribution in [1.29, 1.82) is 0 Å². The second-order valence-electron chi connectivity index (χ2n) is 8.22. The van der Waals surface area contributed by atoms with Gasteiger partial charge in [0.1, 0.15) is 0 Å². The van der Waals surface area contributed by atoms with Gasteiger partial charge in [-0.25, -0.2) is 0 Å². The van der Waals surface area contributed by atoms with E-state index in [2.05, 4.69) is 50.0 Å². The van der Waals surface area contributed by atoms with Gasteiger partial charge in [0.15, 0.2) is 0 Å². The van der Waals surface area contributed by atoms with E-state index in [0.717, 1.165) is 12.0 Å². The third kappa shape index (κ3) is 4.43. The molecular weight excluding hydrogens is 258 g/mol. The van der Waals surface area contributed by atoms with Crippen LogP contribution in [0.3, 0.4) is 0 Å². The molecular formula is C18H37N3. The summed E-state index contributed by atoms with van der Waals surface area (Å²) in [6, 6.07) is 1.46. The average molecular weight is 296 g/mol. The van der Waals surface area contributed by atoms with E-state index in [1.54, 1.807) is 0 Å². The predicted molar refractivity (Wildman–Crippen MR) is 91.7 cm³/mol. The molecule has 3 unspecified atom stereocenters. The van der Waals surface area contributed by atoms with Gasteiger partial charge in [-0.3, -0.25) is 0 Å². The fraction of sp³-hybridized carbons (Fsp3) is 1.00. The Morgan fingerprint density at radius 3 is 2.71 bits per heavy atom. The molecule has 0 amide bonds. The van der Waals surface area contributed by atoms with Crippen molar-refractivity contribution in [3.8, 4) is 0 Å². The molecule has 21 heavy (non-hydrogen) atoms. The molecule has 124 valence electrons. The first-order chi connectivity index (χ1) is 9.94. The molecule has 0 radical (unpaired) electrons. The van der Waals surface area contributed by atoms with Crippen molar-refractivity contribution in [2.24, 2.45) is 11.3 Å². The van der Waals surface area contributed by atoms with E-state index in [4.69, 9.17) is 0 Å². The second-order valence-corrected chi connectivity index (χ2v) is 8.22. The van der Waals surface area contributed by atoms with Crippen LogP contribution in [0.2, 0.25) is 0 Å². The normalized spacial score (nSPS) is 33.7. The first kappa shape index (κ1) is 17.2. The quantitative estimate of drug-likeness (QED) is 0.813. The number of nitrogens with one attached hydrogen (secondary N) is 1. The molecule has 2 rings (SSSR count). The Morgan fingerprint density at radius 1 is 1.29 bits per heavy atom. The summed E-state index contributed by atoms with van der Waals surface area (Å²) in [5.41, 5.74) is 0.462. The number of likely N-dealkylation sites (tertiary alicyclic amines) is 1. The van der Waals surface area contributed by atoms with E-state index in [-0.39, 0.29) is 0 Å². The van der Waals surface area contributed by atoms with Gasteiger partial charge >= 0.3 is 0 Å². The predicted octanol–water partition coefficient (Wildman–Crippen LogP) is 2.82. The van der Waals surface area contributed by atoms with Gasteiger partial charge in [-0.1, -0.05) is 20.8 Å². The Bertz CT molecular complexity index is 316. The molecule has 1 aliphatic heterocycles. The SMILES string of the molecule is CCCNC1C(CN(C)C2CCCN(C)C2)CCC1(C)C. The van der Waals surface area contributed by atoms with Crippen molar-refractivity contribution in [1.82, 2.24) is 15.1 Å². The molecule has 2 fully saturated rings. The maximum atomic E-state index is 3.85. The zero-order valence-corrected chi connectivity index (χ0v) is 15.0. The summed E-state index contributed by atoms with van der Waals surface area (Å²) in [5, 5.41) is 3.85. The standard InChI is InChI=1S/C18H37N3/c1-6-11-19-17-15(9-10-18(17,2)3)13-21(5)16-8-7-12-20(4)14-16/h15-17,19H,6-14H2,1-5H3. The minimum absolute atomic E-state index is 0.462. The maximum Gasteiger partial charge on any atom is 0.0220 e. The van der Waals surface area contributed by atoms with Crippen LogP contribution >= 0.6 is 0 Å². The van der Waals surface area contributed by atoms with Gasteiger partial charge < -0.3 is 15.1 Å². The van der Waals surface area contributed by atoms with Crippen molar-refractivity contribution in [3.63, 3.8) is 0 Å². The topological polar surface area (TPSA) is 18.5 Å². The van der Waals surface area contributed by atoms with Crippen LogP contribution in [-0.2, 0) is 0 Å². The Hall–Kier alpha value is -0.120. The zero-order chi connectivity index (χ0) is 15.5. The molecule has 0 spiro atoms. The van der Waals surface area contributed by atoms with Crippen molar-refractivity contribution in [2.75, 3.05) is 40.3 Å². The molecule has 0 bridgehead atoms. The van der Waals surface area contributed by atoms with E-state index >= 15 is 0 Å². The van der Waals surface area contributed by atoms with Crippen LogP contribution in [0, 0.1) is 11.3 Å². The Kier molecular flexibility index (Phi) is 6.10. The van der Waals surface area contributed by atoms with Crippen LogP contribution in [0.4, 0.5) is 0 Å². The van der Waals surface area contributed by atoms with Gasteiger partial charge in [0, 0.05) is 25.2 Å². The highest BCUT2D eigenvalue weighted by atomic mass is 15.2. The van der Waals surface area contributed by atoms with Gasteiger partial charge in [0.2, 0.25) is 0 Å². The third-order valence-corrected chi connectivity index (χ3v) is 5.83. The fourth-order valence-corrected chi connectivity index (χ4v) is 4.48. The molecule has 0 aromatic carbocycles. The second kappa shape index (κ2) is 7.43. The smallest absolute Gasteiger partial charge is 0.0220 e. The van der Waals surface area contributed by atoms with Gasteiger partial charge in [-0.15, -0.1) is 0 Å². The summed E-state index contributed by atoms with van der Waals surface area (Å²) in [6.45, 7) is 12.1. The van der Waals surface area contributed by atoms with Crippen LogP contribution in [-0.4, -0.2) is 62.2 Å². The maximum absolute atomic E-state index is 3.85. The number of piperidine rings is 1. The molecule has 3 atom stereocenters. The summed E-state index contributed by atoms with van der Waals surface area (Å²) < 4.78 is 0. The molecule has 2 aliphatic rings. The minimum atomic E-state index is 0.462. The fourth-order valence-electron chi connectivity index (χ4n) is 4.48. The van der Waals surface area contributed by atoms with E-state index in [1.807, 2.05) is 0 Å². The molecule has 1 N–H and O–H groups in total. The summed E-state index contributed by atoms with van der Waals surface area (Å²) in [6.07, 6.45) is 6.74. The molecule has 0 aromatic heterocycles. The molecule has 1 heterocycles. The number of hydrogen-bond acceptors (Lipinski definition) is 3. The summed E-state index contributed by atoms with van der Waals surface area (Å²) in [7, 11) is 4.62. The molecule has 0 aromatic rings. The average Bonchev–Trinajstić information content (AvgIpc) is 2.71. The van der Waals surface area contributed by atoms with Crippen LogP contribution in [0.1, 0.15) is 52.9 Å². The van der Waals surface area contributed by atoms with E-state index in [1.165, 1.54) is 58.3 Å². The lowest BCUT2D eigenvalue weighted by molar-refractivity contribution is 0.110. The van der Waals surface area contributed by atoms with Crippen molar-refractivity contribution >= 4 is 0 Å². The van der Waals surface area contributed by atoms with Gasteiger partial charge in [-0.2, -0.15) is 0 Å². The number of hydrogen-bond donors (Lipinski definition) is 1. The lowest BCUT2D eigenvalue weighted by Crippen LogP contribution is -2.50. The van der Waals surface area contributed by atoms with E-state index in [9.17, 15) is 0 Å². The summed E-state index contributed by atoms with van der Waals surface area (Å²) in [5.74, 6) is 0.823. The highest BCUT2D eigenvalue weighted by Crippen LogP contribution is 2.41. The zero-order valence-electron chi connectivity index (χ0n) is 15.0. The number of rotatable bonds is 6. The van der Waals surface area contributed by atoms with Crippen LogP contribution in [0.25, 0.3) is 0 Å². The van der Waals surface area contributed by atoms with Crippen molar-refractivity contribution in [3.05, 3.63) is 0 Å². The van der Waals surface area contributed by atoms with Crippen LogP contribution < -0.4 is 5.32 Å². The largest absolute Gasteiger partial charge is 0.313 e. The summed E-state index contributed by atoms with van der Waals surface area (Å²) >= 11 is 0. The molecule has 1 saturated carbocycles. The number of nitrogens with zero attached hydrogens (tertiary/aromatic N) is 2. The Balaban J connectivity index is 1.90. The van der Waals surface area contributed by atoms with E-state index in [0.29, 0.717) is 11.5 Å². The Morgan fingerprint density at radius 2 is 2.05 bits per heavy atom. The highest BCUT2D eigenvalue weighted by molar-refractivity contribution is 4.97.